The number of phosphoric ester groups is 1. The quantitative estimate of drug-likeness (QED) is 0.0243. The third-order valence-electron chi connectivity index (χ3n) is 13.9. The maximum Gasteiger partial charge on any atom is 0.472 e. The molecule has 0 saturated carbocycles. The first-order chi connectivity index (χ1) is 35.5. The van der Waals surface area contributed by atoms with E-state index in [1.807, 2.05) is 27.2 Å². The van der Waals surface area contributed by atoms with Crippen molar-refractivity contribution in [2.75, 3.05) is 40.9 Å². The number of hydrogen-bond donors (Lipinski definition) is 3. The maximum absolute atomic E-state index is 13.0. The van der Waals surface area contributed by atoms with Crippen molar-refractivity contribution in [1.29, 1.82) is 0 Å². The number of allylic oxidation sites excluding steroid dienone is 9. The summed E-state index contributed by atoms with van der Waals surface area (Å²) in [5.74, 6) is -0.188. The topological polar surface area (TPSA) is 105 Å². The molecule has 0 aromatic carbocycles. The number of nitrogens with one attached hydrogen (secondary N) is 1. The van der Waals surface area contributed by atoms with Gasteiger partial charge in [-0.1, -0.05) is 267 Å². The van der Waals surface area contributed by atoms with Crippen LogP contribution < -0.4 is 5.32 Å². The van der Waals surface area contributed by atoms with Crippen molar-refractivity contribution in [2.24, 2.45) is 0 Å². The molecule has 0 aliphatic carbocycles. The Labute approximate surface area is 453 Å². The summed E-state index contributed by atoms with van der Waals surface area (Å²) in [5, 5.41) is 13.9. The van der Waals surface area contributed by atoms with Gasteiger partial charge in [-0.15, -0.1) is 0 Å². The molecule has 3 atom stereocenters. The molecule has 0 aliphatic heterocycles. The number of aliphatic hydroxyl groups excluding tert-OH is 1. The Morgan fingerprint density at radius 3 is 1.19 bits per heavy atom. The van der Waals surface area contributed by atoms with E-state index in [9.17, 15) is 19.4 Å². The van der Waals surface area contributed by atoms with Gasteiger partial charge in [-0.3, -0.25) is 13.8 Å². The monoisotopic (exact) mass is 1050 g/mol. The van der Waals surface area contributed by atoms with Gasteiger partial charge in [-0.25, -0.2) is 4.57 Å². The Bertz CT molecular complexity index is 1370. The van der Waals surface area contributed by atoms with Gasteiger partial charge in [-0.2, -0.15) is 0 Å². The number of nitrogens with zero attached hydrogens (tertiary/aromatic N) is 1. The van der Waals surface area contributed by atoms with Gasteiger partial charge in [0.1, 0.15) is 13.2 Å². The van der Waals surface area contributed by atoms with Gasteiger partial charge < -0.3 is 19.8 Å². The Kier molecular flexibility index (Phi) is 53.6. The second kappa shape index (κ2) is 55.0. The van der Waals surface area contributed by atoms with Crippen LogP contribution in [0.5, 0.6) is 0 Å². The van der Waals surface area contributed by atoms with E-state index in [-0.39, 0.29) is 19.1 Å². The lowest BCUT2D eigenvalue weighted by atomic mass is 10.0. The van der Waals surface area contributed by atoms with E-state index in [4.69, 9.17) is 9.05 Å². The highest BCUT2D eigenvalue weighted by atomic mass is 31.2. The smallest absolute Gasteiger partial charge is 0.387 e. The second-order valence-electron chi connectivity index (χ2n) is 22.4. The third kappa shape index (κ3) is 57.7. The lowest BCUT2D eigenvalue weighted by molar-refractivity contribution is -0.870. The summed E-state index contributed by atoms with van der Waals surface area (Å²) in [4.78, 5) is 23.3. The van der Waals surface area contributed by atoms with Crippen LogP contribution in [-0.2, 0) is 18.4 Å². The molecule has 1 amide bonds. The molecule has 0 saturated heterocycles. The summed E-state index contributed by atoms with van der Waals surface area (Å²) in [7, 11) is 1.55. The van der Waals surface area contributed by atoms with Gasteiger partial charge in [0.15, 0.2) is 0 Å². The molecule has 0 aromatic heterocycles. The molecule has 9 heteroatoms. The van der Waals surface area contributed by atoms with Crippen LogP contribution in [0.4, 0.5) is 0 Å². The molecule has 73 heavy (non-hydrogen) atoms. The average Bonchev–Trinajstić information content (AvgIpc) is 3.35. The number of aliphatic hydroxyl groups is 1. The predicted molar refractivity (Wildman–Crippen MR) is 318 cm³/mol. The molecule has 3 unspecified atom stereocenters. The molecule has 0 heterocycles. The first kappa shape index (κ1) is 71.2. The molecule has 3 N–H and O–H groups in total. The lowest BCUT2D eigenvalue weighted by Crippen LogP contribution is -2.45. The average molecular weight is 1050 g/mol. The minimum absolute atomic E-state index is 0.0536. The van der Waals surface area contributed by atoms with E-state index < -0.39 is 20.0 Å². The van der Waals surface area contributed by atoms with Crippen molar-refractivity contribution in [3.8, 4) is 0 Å². The van der Waals surface area contributed by atoms with E-state index >= 15 is 0 Å². The Morgan fingerprint density at radius 2 is 0.795 bits per heavy atom. The van der Waals surface area contributed by atoms with Crippen LogP contribution in [0.1, 0.15) is 290 Å². The van der Waals surface area contributed by atoms with Crippen molar-refractivity contribution >= 4 is 13.7 Å². The second-order valence-corrected chi connectivity index (χ2v) is 23.9. The molecule has 8 nitrogen and oxygen atoms in total. The van der Waals surface area contributed by atoms with Crippen molar-refractivity contribution in [2.45, 2.75) is 302 Å². The SMILES string of the molecule is CCCCCC/C=C/CC/C=C/CC/C=C/C(O)C(COP(=O)(O)OCC[N+](C)(C)C)NC(=O)CCCCCCCCCCCCCCCCCCCCCCCCCCC/C=C\C/C=C\CCCCCCC. The molecule has 0 bridgehead atoms. The summed E-state index contributed by atoms with van der Waals surface area (Å²) >= 11 is 0. The normalized spacial score (nSPS) is 14.2. The number of unbranched alkanes of at least 4 members (excludes halogenated alkanes) is 36. The summed E-state index contributed by atoms with van der Waals surface area (Å²) in [6.45, 7) is 4.77. The van der Waals surface area contributed by atoms with Crippen molar-refractivity contribution in [1.82, 2.24) is 5.32 Å². The predicted octanol–water partition coefficient (Wildman–Crippen LogP) is 19.3. The van der Waals surface area contributed by atoms with Crippen LogP contribution in [0.2, 0.25) is 0 Å². The standard InChI is InChI=1S/C64H121N2O6P/c1-6-8-10-12-14-16-18-20-22-23-24-25-26-27-28-29-30-31-32-33-34-35-36-37-38-39-40-41-42-43-44-46-48-50-52-54-56-58-64(68)65-62(61-72-73(69,70)71-60-59-66(3,4)5)63(67)57-55-53-51-49-47-45-21-19-17-15-13-11-9-7-2/h17-20,23-24,47,49,55,57,62-63,67H,6-16,21-22,25-46,48,50-54,56,58-61H2,1-5H3,(H-,65,68,69,70)/p+1/b19-17+,20-18-,24-23-,49-47+,57-55+. The number of hydrogen-bond acceptors (Lipinski definition) is 5. The first-order valence-electron chi connectivity index (χ1n) is 31.2. The van der Waals surface area contributed by atoms with Crippen molar-refractivity contribution in [3.63, 3.8) is 0 Å². The number of amides is 1. The summed E-state index contributed by atoms with van der Waals surface area (Å²) in [6.07, 6.45) is 75.1. The highest BCUT2D eigenvalue weighted by molar-refractivity contribution is 7.47. The van der Waals surface area contributed by atoms with Gasteiger partial charge in [-0.05, 0) is 77.0 Å². The summed E-state index contributed by atoms with van der Waals surface area (Å²) in [6, 6.07) is -0.869. The molecular weight excluding hydrogens is 924 g/mol. The lowest BCUT2D eigenvalue weighted by Gasteiger charge is -2.25. The van der Waals surface area contributed by atoms with Crippen LogP contribution in [0.15, 0.2) is 60.8 Å². The Balaban J connectivity index is 3.95. The molecular formula is C64H122N2O6P+. The van der Waals surface area contributed by atoms with Crippen molar-refractivity contribution in [3.05, 3.63) is 60.8 Å². The van der Waals surface area contributed by atoms with Crippen LogP contribution in [0, 0.1) is 0 Å². The minimum atomic E-state index is -4.36. The molecule has 0 rings (SSSR count). The number of likely N-dealkylation sites (N-methyl/N-ethyl adjacent to an activating group) is 1. The Hall–Kier alpha value is -1.80. The van der Waals surface area contributed by atoms with Gasteiger partial charge in [0, 0.05) is 6.42 Å². The third-order valence-corrected chi connectivity index (χ3v) is 14.9. The zero-order chi connectivity index (χ0) is 53.5. The number of carbonyl (C=O) groups excluding carboxylic acids is 1. The number of carbonyl (C=O) groups is 1. The number of phosphoric acid groups is 1. The van der Waals surface area contributed by atoms with Crippen LogP contribution >= 0.6 is 7.82 Å². The van der Waals surface area contributed by atoms with Gasteiger partial charge >= 0.3 is 7.82 Å². The van der Waals surface area contributed by atoms with Gasteiger partial charge in [0.05, 0.1) is 39.9 Å². The molecule has 0 fully saturated rings. The highest BCUT2D eigenvalue weighted by Gasteiger charge is 2.27. The van der Waals surface area contributed by atoms with E-state index in [1.54, 1.807) is 6.08 Å². The maximum atomic E-state index is 13.0. The molecule has 0 spiro atoms. The van der Waals surface area contributed by atoms with E-state index in [2.05, 4.69) is 67.8 Å². The molecule has 428 valence electrons. The molecule has 0 aliphatic rings. The largest absolute Gasteiger partial charge is 0.472 e. The highest BCUT2D eigenvalue weighted by Crippen LogP contribution is 2.43. The van der Waals surface area contributed by atoms with E-state index in [0.717, 1.165) is 51.4 Å². The molecule has 0 radical (unpaired) electrons. The summed E-state index contributed by atoms with van der Waals surface area (Å²) in [5.41, 5.74) is 0. The molecule has 0 aromatic rings. The van der Waals surface area contributed by atoms with Gasteiger partial charge in [0.2, 0.25) is 5.91 Å². The first-order valence-corrected chi connectivity index (χ1v) is 32.7. The fraction of sp³-hybridized carbons (Fsp3) is 0.828. The van der Waals surface area contributed by atoms with E-state index in [1.165, 1.54) is 218 Å². The van der Waals surface area contributed by atoms with Crippen LogP contribution in [0.3, 0.4) is 0 Å². The minimum Gasteiger partial charge on any atom is -0.387 e. The summed E-state index contributed by atoms with van der Waals surface area (Å²) < 4.78 is 23.7. The zero-order valence-corrected chi connectivity index (χ0v) is 49.8. The van der Waals surface area contributed by atoms with E-state index in [0.29, 0.717) is 17.4 Å². The van der Waals surface area contributed by atoms with Crippen LogP contribution in [-0.4, -0.2) is 73.4 Å². The number of rotatable bonds is 57. The van der Waals surface area contributed by atoms with Crippen LogP contribution in [0.25, 0.3) is 0 Å². The zero-order valence-electron chi connectivity index (χ0n) is 48.9. The van der Waals surface area contributed by atoms with Gasteiger partial charge in [0.25, 0.3) is 0 Å². The number of quaternary nitrogens is 1. The van der Waals surface area contributed by atoms with Crippen molar-refractivity contribution < 1.29 is 32.9 Å². The Morgan fingerprint density at radius 1 is 0.466 bits per heavy atom. The fourth-order valence-corrected chi connectivity index (χ4v) is 9.78. The fourth-order valence-electron chi connectivity index (χ4n) is 9.05.